The van der Waals surface area contributed by atoms with Crippen molar-refractivity contribution in [1.82, 2.24) is 4.72 Å². The van der Waals surface area contributed by atoms with Gasteiger partial charge in [0.25, 0.3) is 0 Å². The van der Waals surface area contributed by atoms with Crippen LogP contribution in [0.15, 0.2) is 26.0 Å². The number of aryl methyl sites for hydroxylation is 1. The van der Waals surface area contributed by atoms with E-state index in [2.05, 4.69) is 36.6 Å². The second-order valence-corrected chi connectivity index (χ2v) is 8.08. The first-order valence-electron chi connectivity index (χ1n) is 5.63. The van der Waals surface area contributed by atoms with E-state index in [1.807, 2.05) is 27.7 Å². The van der Waals surface area contributed by atoms with E-state index in [1.165, 1.54) is 0 Å². The molecule has 3 nitrogen and oxygen atoms in total. The number of nitrogens with one attached hydrogen (secondary N) is 1. The van der Waals surface area contributed by atoms with E-state index in [0.717, 1.165) is 10.0 Å². The van der Waals surface area contributed by atoms with Gasteiger partial charge < -0.3 is 0 Å². The molecule has 0 aliphatic heterocycles. The molecule has 0 fully saturated rings. The molecular formula is C12H17Br2NO2S. The van der Waals surface area contributed by atoms with Crippen molar-refractivity contribution in [2.24, 2.45) is 5.92 Å². The molecule has 102 valence electrons. The summed E-state index contributed by atoms with van der Waals surface area (Å²) in [5.41, 5.74) is 0.984. The van der Waals surface area contributed by atoms with Crippen molar-refractivity contribution in [3.63, 3.8) is 0 Å². The summed E-state index contributed by atoms with van der Waals surface area (Å²) in [7, 11) is -3.50. The standard InChI is InChI=1S/C12H17Br2NO2S/c1-7(2)9(4)15-18(16,17)12-6-10(13)8(3)5-11(12)14/h5-7,9,15H,1-4H3. The zero-order valence-corrected chi connectivity index (χ0v) is 14.8. The molecule has 0 aliphatic rings. The third kappa shape index (κ3) is 3.79. The molecule has 0 spiro atoms. The molecule has 1 rings (SSSR count). The fraction of sp³-hybridized carbons (Fsp3) is 0.500. The minimum absolute atomic E-state index is 0.109. The molecule has 0 heterocycles. The zero-order chi connectivity index (χ0) is 14.1. The van der Waals surface area contributed by atoms with Gasteiger partial charge in [0.1, 0.15) is 0 Å². The van der Waals surface area contributed by atoms with Crippen molar-refractivity contribution < 1.29 is 8.42 Å². The van der Waals surface area contributed by atoms with E-state index >= 15 is 0 Å². The molecule has 18 heavy (non-hydrogen) atoms. The van der Waals surface area contributed by atoms with Crippen LogP contribution >= 0.6 is 31.9 Å². The summed E-state index contributed by atoms with van der Waals surface area (Å²) < 4.78 is 28.6. The number of hydrogen-bond acceptors (Lipinski definition) is 2. The first kappa shape index (κ1) is 16.1. The lowest BCUT2D eigenvalue weighted by Crippen LogP contribution is -2.36. The van der Waals surface area contributed by atoms with Gasteiger partial charge in [-0.15, -0.1) is 0 Å². The Labute approximate surface area is 126 Å². The van der Waals surface area contributed by atoms with Crippen LogP contribution < -0.4 is 4.72 Å². The fourth-order valence-electron chi connectivity index (χ4n) is 1.28. The lowest BCUT2D eigenvalue weighted by atomic mass is 10.1. The van der Waals surface area contributed by atoms with Gasteiger partial charge in [0.05, 0.1) is 4.90 Å². The molecule has 0 saturated carbocycles. The van der Waals surface area contributed by atoms with Crippen LogP contribution in [-0.2, 0) is 10.0 Å². The van der Waals surface area contributed by atoms with Crippen molar-refractivity contribution in [2.75, 3.05) is 0 Å². The van der Waals surface area contributed by atoms with Crippen LogP contribution in [0.5, 0.6) is 0 Å². The number of benzene rings is 1. The first-order chi connectivity index (χ1) is 8.15. The molecule has 0 bridgehead atoms. The molecule has 0 amide bonds. The highest BCUT2D eigenvalue weighted by molar-refractivity contribution is 9.11. The Bertz CT molecular complexity index is 541. The van der Waals surface area contributed by atoms with Crippen molar-refractivity contribution in [3.8, 4) is 0 Å². The largest absolute Gasteiger partial charge is 0.241 e. The molecule has 0 radical (unpaired) electrons. The van der Waals surface area contributed by atoms with Crippen molar-refractivity contribution in [2.45, 2.75) is 38.6 Å². The third-order valence-corrected chi connectivity index (χ3v) is 6.22. The normalized spacial score (nSPS) is 13.9. The van der Waals surface area contributed by atoms with Gasteiger partial charge in [-0.25, -0.2) is 13.1 Å². The SMILES string of the molecule is Cc1cc(Br)c(S(=O)(=O)NC(C)C(C)C)cc1Br. The Hall–Kier alpha value is 0.0900. The maximum Gasteiger partial charge on any atom is 0.241 e. The highest BCUT2D eigenvalue weighted by Gasteiger charge is 2.22. The second kappa shape index (κ2) is 6.03. The smallest absolute Gasteiger partial charge is 0.208 e. The summed E-state index contributed by atoms with van der Waals surface area (Å²) in [5.74, 6) is 0.243. The molecular weight excluding hydrogens is 382 g/mol. The van der Waals surface area contributed by atoms with Crippen LogP contribution in [-0.4, -0.2) is 14.5 Å². The van der Waals surface area contributed by atoms with Crippen LogP contribution in [0, 0.1) is 12.8 Å². The maximum absolute atomic E-state index is 12.3. The Morgan fingerprint density at radius 2 is 1.67 bits per heavy atom. The van der Waals surface area contributed by atoms with Gasteiger partial charge in [-0.3, -0.25) is 0 Å². The van der Waals surface area contributed by atoms with Gasteiger partial charge in [0, 0.05) is 15.0 Å². The van der Waals surface area contributed by atoms with Gasteiger partial charge in [-0.05, 0) is 53.4 Å². The van der Waals surface area contributed by atoms with Crippen molar-refractivity contribution >= 4 is 41.9 Å². The van der Waals surface area contributed by atoms with Crippen molar-refractivity contribution in [1.29, 1.82) is 0 Å². The summed E-state index contributed by atoms with van der Waals surface area (Å²) in [4.78, 5) is 0.257. The first-order valence-corrected chi connectivity index (χ1v) is 8.70. The molecule has 1 atom stereocenters. The maximum atomic E-state index is 12.3. The lowest BCUT2D eigenvalue weighted by molar-refractivity contribution is 0.476. The van der Waals surface area contributed by atoms with E-state index in [-0.39, 0.29) is 16.9 Å². The average molecular weight is 399 g/mol. The summed E-state index contributed by atoms with van der Waals surface area (Å²) in [6.07, 6.45) is 0. The fourth-order valence-corrected chi connectivity index (χ4v) is 4.35. The van der Waals surface area contributed by atoms with Gasteiger partial charge in [-0.1, -0.05) is 29.8 Å². The van der Waals surface area contributed by atoms with Gasteiger partial charge in [-0.2, -0.15) is 0 Å². The van der Waals surface area contributed by atoms with E-state index < -0.39 is 10.0 Å². The topological polar surface area (TPSA) is 46.2 Å². The van der Waals surface area contributed by atoms with E-state index in [4.69, 9.17) is 0 Å². The second-order valence-electron chi connectivity index (χ2n) is 4.69. The van der Waals surface area contributed by atoms with Crippen LogP contribution in [0.3, 0.4) is 0 Å². The van der Waals surface area contributed by atoms with Crippen molar-refractivity contribution in [3.05, 3.63) is 26.6 Å². The summed E-state index contributed by atoms with van der Waals surface area (Å²) in [6, 6.07) is 3.30. The van der Waals surface area contributed by atoms with E-state index in [1.54, 1.807) is 12.1 Å². The highest BCUT2D eigenvalue weighted by atomic mass is 79.9. The van der Waals surface area contributed by atoms with Gasteiger partial charge in [0.2, 0.25) is 10.0 Å². The molecule has 0 saturated heterocycles. The number of halogens is 2. The Morgan fingerprint density at radius 1 is 1.11 bits per heavy atom. The van der Waals surface area contributed by atoms with E-state index in [0.29, 0.717) is 4.47 Å². The molecule has 1 aromatic rings. The lowest BCUT2D eigenvalue weighted by Gasteiger charge is -2.18. The third-order valence-electron chi connectivity index (χ3n) is 2.84. The minimum atomic E-state index is -3.50. The predicted octanol–water partition coefficient (Wildman–Crippen LogP) is 3.84. The number of rotatable bonds is 4. The van der Waals surface area contributed by atoms with Crippen LogP contribution in [0.1, 0.15) is 26.3 Å². The molecule has 1 unspecified atom stereocenters. The monoisotopic (exact) mass is 397 g/mol. The molecule has 0 aliphatic carbocycles. The van der Waals surface area contributed by atoms with E-state index in [9.17, 15) is 8.42 Å². The zero-order valence-electron chi connectivity index (χ0n) is 10.8. The Kier molecular flexibility index (Phi) is 5.41. The van der Waals surface area contributed by atoms with Gasteiger partial charge in [0.15, 0.2) is 0 Å². The summed E-state index contributed by atoms with van der Waals surface area (Å²) >= 11 is 6.66. The predicted molar refractivity (Wildman–Crippen MR) is 81.2 cm³/mol. The highest BCUT2D eigenvalue weighted by Crippen LogP contribution is 2.29. The number of sulfonamides is 1. The van der Waals surface area contributed by atoms with Gasteiger partial charge >= 0.3 is 0 Å². The number of hydrogen-bond donors (Lipinski definition) is 1. The summed E-state index contributed by atoms with van der Waals surface area (Å²) in [6.45, 7) is 7.73. The molecule has 1 aromatic carbocycles. The molecule has 1 N–H and O–H groups in total. The quantitative estimate of drug-likeness (QED) is 0.837. The van der Waals surface area contributed by atoms with Crippen LogP contribution in [0.25, 0.3) is 0 Å². The average Bonchev–Trinajstić information content (AvgIpc) is 2.22. The molecule has 0 aromatic heterocycles. The minimum Gasteiger partial charge on any atom is -0.208 e. The van der Waals surface area contributed by atoms with Crippen LogP contribution in [0.2, 0.25) is 0 Å². The van der Waals surface area contributed by atoms with Crippen LogP contribution in [0.4, 0.5) is 0 Å². The Balaban J connectivity index is 3.17. The Morgan fingerprint density at radius 3 is 2.17 bits per heavy atom. The summed E-state index contributed by atoms with van der Waals surface area (Å²) in [5, 5.41) is 0. The molecule has 6 heteroatoms.